The van der Waals surface area contributed by atoms with Crippen LogP contribution in [-0.4, -0.2) is 52.0 Å². The number of nitrogens with zero attached hydrogens (tertiary/aromatic N) is 4. The first-order valence-electron chi connectivity index (χ1n) is 6.40. The van der Waals surface area contributed by atoms with Gasteiger partial charge < -0.3 is 5.73 Å². The van der Waals surface area contributed by atoms with Crippen molar-refractivity contribution >= 4 is 5.82 Å². The summed E-state index contributed by atoms with van der Waals surface area (Å²) in [6.07, 6.45) is 0. The van der Waals surface area contributed by atoms with Gasteiger partial charge in [-0.1, -0.05) is 0 Å². The van der Waals surface area contributed by atoms with E-state index in [9.17, 15) is 0 Å². The summed E-state index contributed by atoms with van der Waals surface area (Å²) in [7, 11) is 2.18. The summed E-state index contributed by atoms with van der Waals surface area (Å²) in [6, 6.07) is 1.80. The maximum atomic E-state index is 5.76. The van der Waals surface area contributed by atoms with Crippen molar-refractivity contribution in [1.82, 2.24) is 19.8 Å². The Labute approximate surface area is 109 Å². The third-order valence-electron chi connectivity index (χ3n) is 3.68. The first-order chi connectivity index (χ1) is 8.37. The monoisotopic (exact) mass is 249 g/mol. The number of anilines is 1. The second-order valence-electron chi connectivity index (χ2n) is 5.80. The third-order valence-corrected chi connectivity index (χ3v) is 3.68. The largest absolute Gasteiger partial charge is 0.384 e. The summed E-state index contributed by atoms with van der Waals surface area (Å²) in [5.41, 5.74) is 6.90. The predicted octanol–water partition coefficient (Wildman–Crippen LogP) is 0.893. The van der Waals surface area contributed by atoms with Crippen molar-refractivity contribution in [2.24, 2.45) is 0 Å². The Bertz CT molecular complexity index is 409. The molecule has 1 aliphatic rings. The molecule has 0 amide bonds. The third kappa shape index (κ3) is 2.97. The van der Waals surface area contributed by atoms with E-state index in [1.165, 1.54) is 0 Å². The number of piperazine rings is 1. The number of aryl methyl sites for hydroxylation is 1. The van der Waals surface area contributed by atoms with Crippen LogP contribution in [0.1, 0.15) is 25.4 Å². The van der Waals surface area contributed by atoms with Gasteiger partial charge in [0.25, 0.3) is 0 Å². The molecule has 0 spiro atoms. The Morgan fingerprint density at radius 2 is 2.06 bits per heavy atom. The summed E-state index contributed by atoms with van der Waals surface area (Å²) in [6.45, 7) is 10.4. The van der Waals surface area contributed by atoms with Crippen molar-refractivity contribution < 1.29 is 0 Å². The van der Waals surface area contributed by atoms with Gasteiger partial charge in [-0.3, -0.25) is 9.80 Å². The fourth-order valence-electron chi connectivity index (χ4n) is 2.40. The molecule has 1 aromatic heterocycles. The Kier molecular flexibility index (Phi) is 3.54. The van der Waals surface area contributed by atoms with Gasteiger partial charge in [-0.2, -0.15) is 0 Å². The van der Waals surface area contributed by atoms with Gasteiger partial charge in [0.2, 0.25) is 0 Å². The Balaban J connectivity index is 2.06. The lowest BCUT2D eigenvalue weighted by Gasteiger charge is -2.45. The van der Waals surface area contributed by atoms with E-state index in [1.54, 1.807) is 6.07 Å². The lowest BCUT2D eigenvalue weighted by Crippen LogP contribution is -2.57. The molecule has 0 saturated carbocycles. The molecule has 1 aromatic rings. The molecule has 1 saturated heterocycles. The van der Waals surface area contributed by atoms with E-state index in [1.807, 2.05) is 6.92 Å². The number of hydrogen-bond acceptors (Lipinski definition) is 5. The predicted molar refractivity (Wildman–Crippen MR) is 73.2 cm³/mol. The van der Waals surface area contributed by atoms with Gasteiger partial charge in [-0.25, -0.2) is 9.97 Å². The summed E-state index contributed by atoms with van der Waals surface area (Å²) in [5, 5.41) is 0. The fraction of sp³-hybridized carbons (Fsp3) is 0.692. The van der Waals surface area contributed by atoms with Crippen LogP contribution >= 0.6 is 0 Å². The molecule has 5 heteroatoms. The van der Waals surface area contributed by atoms with Crippen molar-refractivity contribution in [3.8, 4) is 0 Å². The zero-order valence-electron chi connectivity index (χ0n) is 11.8. The zero-order chi connectivity index (χ0) is 13.3. The molecule has 0 radical (unpaired) electrons. The normalized spacial score (nSPS) is 21.1. The average molecular weight is 249 g/mol. The first kappa shape index (κ1) is 13.2. The fourth-order valence-corrected chi connectivity index (χ4v) is 2.40. The molecule has 1 fully saturated rings. The van der Waals surface area contributed by atoms with E-state index in [4.69, 9.17) is 5.73 Å². The van der Waals surface area contributed by atoms with Gasteiger partial charge in [0.15, 0.2) is 0 Å². The molecule has 5 nitrogen and oxygen atoms in total. The van der Waals surface area contributed by atoms with Crippen LogP contribution < -0.4 is 5.73 Å². The Hall–Kier alpha value is -1.20. The number of nitrogen functional groups attached to an aromatic ring is 1. The number of likely N-dealkylation sites (N-methyl/N-ethyl adjacent to an activating group) is 1. The highest BCUT2D eigenvalue weighted by atomic mass is 15.3. The molecule has 0 bridgehead atoms. The molecule has 0 unspecified atom stereocenters. The maximum absolute atomic E-state index is 5.76. The number of aromatic nitrogens is 2. The van der Waals surface area contributed by atoms with Crippen molar-refractivity contribution in [2.75, 3.05) is 32.4 Å². The van der Waals surface area contributed by atoms with E-state index in [2.05, 4.69) is 40.7 Å². The van der Waals surface area contributed by atoms with Gasteiger partial charge in [-0.05, 0) is 27.8 Å². The van der Waals surface area contributed by atoms with Gasteiger partial charge in [-0.15, -0.1) is 0 Å². The van der Waals surface area contributed by atoms with E-state index in [-0.39, 0.29) is 5.54 Å². The lowest BCUT2D eigenvalue weighted by molar-refractivity contribution is 0.0347. The van der Waals surface area contributed by atoms with Crippen LogP contribution in [0.4, 0.5) is 5.82 Å². The molecule has 0 aromatic carbocycles. The van der Waals surface area contributed by atoms with E-state index in [0.29, 0.717) is 5.82 Å². The van der Waals surface area contributed by atoms with Crippen LogP contribution in [0.5, 0.6) is 0 Å². The minimum atomic E-state index is 0.202. The molecule has 1 aliphatic heterocycles. The molecule has 18 heavy (non-hydrogen) atoms. The maximum Gasteiger partial charge on any atom is 0.144 e. The standard InChI is InChI=1S/C13H23N5/c1-10-7-11(14)16-12(15-10)8-18-6-5-17(4)13(2,3)9-18/h7H,5-6,8-9H2,1-4H3,(H2,14,15,16). The topological polar surface area (TPSA) is 58.3 Å². The van der Waals surface area contributed by atoms with Crippen molar-refractivity contribution in [1.29, 1.82) is 0 Å². The molecule has 2 rings (SSSR count). The molecule has 0 atom stereocenters. The number of rotatable bonds is 2. The summed E-state index contributed by atoms with van der Waals surface area (Å²) >= 11 is 0. The second-order valence-corrected chi connectivity index (χ2v) is 5.80. The van der Waals surface area contributed by atoms with E-state index < -0.39 is 0 Å². The average Bonchev–Trinajstić information content (AvgIpc) is 2.21. The molecule has 2 N–H and O–H groups in total. The zero-order valence-corrected chi connectivity index (χ0v) is 11.8. The smallest absolute Gasteiger partial charge is 0.144 e. The van der Waals surface area contributed by atoms with Crippen LogP contribution in [0.25, 0.3) is 0 Å². The highest BCUT2D eigenvalue weighted by Gasteiger charge is 2.31. The minimum absolute atomic E-state index is 0.202. The highest BCUT2D eigenvalue weighted by Crippen LogP contribution is 2.19. The molecule has 0 aliphatic carbocycles. The van der Waals surface area contributed by atoms with Gasteiger partial charge in [0.1, 0.15) is 11.6 Å². The number of nitrogens with two attached hydrogens (primary N) is 1. The van der Waals surface area contributed by atoms with Crippen molar-refractivity contribution in [3.63, 3.8) is 0 Å². The van der Waals surface area contributed by atoms with Crippen LogP contribution in [0, 0.1) is 6.92 Å². The van der Waals surface area contributed by atoms with Gasteiger partial charge >= 0.3 is 0 Å². The Morgan fingerprint density at radius 1 is 1.33 bits per heavy atom. The van der Waals surface area contributed by atoms with E-state index in [0.717, 1.165) is 37.7 Å². The SMILES string of the molecule is Cc1cc(N)nc(CN2CCN(C)C(C)(C)C2)n1. The summed E-state index contributed by atoms with van der Waals surface area (Å²) in [4.78, 5) is 13.5. The quantitative estimate of drug-likeness (QED) is 0.843. The minimum Gasteiger partial charge on any atom is -0.384 e. The highest BCUT2D eigenvalue weighted by molar-refractivity contribution is 5.29. The first-order valence-corrected chi connectivity index (χ1v) is 6.40. The second kappa shape index (κ2) is 4.82. The van der Waals surface area contributed by atoms with E-state index >= 15 is 0 Å². The lowest BCUT2D eigenvalue weighted by atomic mass is 10.00. The summed E-state index contributed by atoms with van der Waals surface area (Å²) < 4.78 is 0. The molecule has 2 heterocycles. The van der Waals surface area contributed by atoms with Gasteiger partial charge in [0, 0.05) is 36.9 Å². The van der Waals surface area contributed by atoms with Crippen molar-refractivity contribution in [2.45, 2.75) is 32.9 Å². The van der Waals surface area contributed by atoms with Crippen LogP contribution in [0.15, 0.2) is 6.07 Å². The van der Waals surface area contributed by atoms with Crippen molar-refractivity contribution in [3.05, 3.63) is 17.6 Å². The van der Waals surface area contributed by atoms with Gasteiger partial charge in [0.05, 0.1) is 6.54 Å². The number of hydrogen-bond donors (Lipinski definition) is 1. The van der Waals surface area contributed by atoms with Crippen LogP contribution in [0.3, 0.4) is 0 Å². The summed E-state index contributed by atoms with van der Waals surface area (Å²) in [5.74, 6) is 1.39. The molecular weight excluding hydrogens is 226 g/mol. The van der Waals surface area contributed by atoms with Crippen LogP contribution in [-0.2, 0) is 6.54 Å². The Morgan fingerprint density at radius 3 is 2.67 bits per heavy atom. The van der Waals surface area contributed by atoms with Crippen LogP contribution in [0.2, 0.25) is 0 Å². The molecular formula is C13H23N5. The molecule has 100 valence electrons.